The van der Waals surface area contributed by atoms with E-state index >= 15 is 0 Å². The van der Waals surface area contributed by atoms with Crippen LogP contribution in [0.5, 0.6) is 0 Å². The summed E-state index contributed by atoms with van der Waals surface area (Å²) in [7, 11) is 0. The lowest BCUT2D eigenvalue weighted by Crippen LogP contribution is -2.39. The molecule has 0 spiro atoms. The molecule has 0 N–H and O–H groups in total. The van der Waals surface area contributed by atoms with Gasteiger partial charge in [0.2, 0.25) is 0 Å². The van der Waals surface area contributed by atoms with Gasteiger partial charge in [0.15, 0.2) is 11.6 Å². The fraction of sp³-hybridized carbons (Fsp3) is 0.200. The van der Waals surface area contributed by atoms with E-state index in [1.165, 1.54) is 38.1 Å². The van der Waals surface area contributed by atoms with Crippen molar-refractivity contribution in [3.8, 4) is 0 Å². The van der Waals surface area contributed by atoms with Crippen molar-refractivity contribution < 1.29 is 19.2 Å². The molecule has 0 bridgehead atoms. The van der Waals surface area contributed by atoms with Crippen LogP contribution in [0.25, 0.3) is 0 Å². The van der Waals surface area contributed by atoms with E-state index in [2.05, 4.69) is 0 Å². The molecule has 0 aliphatic carbocycles. The second kappa shape index (κ2) is 8.39. The number of carbonyl (C=O) groups excluding carboxylic acids is 4. The molecule has 2 rings (SSSR count). The molecule has 4 nitrogen and oxygen atoms in total. The monoisotopic (exact) mass is 390 g/mol. The standard InChI is InChI=1S/C20H16Cl2O4/c1-11(23)17(19(25)13-5-3-7-15(21)9-13)18(12(2)24)20(26)14-6-4-8-16(22)10-14/h3-10,17-18H,1-2H3. The van der Waals surface area contributed by atoms with Crippen molar-refractivity contribution in [1.82, 2.24) is 0 Å². The van der Waals surface area contributed by atoms with E-state index in [4.69, 9.17) is 23.2 Å². The predicted octanol–water partition coefficient (Wildman–Crippen LogP) is 4.47. The first kappa shape index (κ1) is 20.0. The Hall–Kier alpha value is -2.30. The van der Waals surface area contributed by atoms with Crippen molar-refractivity contribution in [3.63, 3.8) is 0 Å². The van der Waals surface area contributed by atoms with Crippen molar-refractivity contribution in [2.45, 2.75) is 13.8 Å². The average Bonchev–Trinajstić information content (AvgIpc) is 2.57. The van der Waals surface area contributed by atoms with E-state index in [9.17, 15) is 19.2 Å². The van der Waals surface area contributed by atoms with Crippen LogP contribution in [-0.2, 0) is 9.59 Å². The molecule has 0 aliphatic heterocycles. The summed E-state index contributed by atoms with van der Waals surface area (Å²) in [6.07, 6.45) is 0. The molecule has 0 aliphatic rings. The Morgan fingerprint density at radius 3 is 1.31 bits per heavy atom. The van der Waals surface area contributed by atoms with Gasteiger partial charge in [0.05, 0.1) is 11.8 Å². The molecule has 2 atom stereocenters. The lowest BCUT2D eigenvalue weighted by molar-refractivity contribution is -0.127. The Morgan fingerprint density at radius 1 is 0.692 bits per heavy atom. The van der Waals surface area contributed by atoms with Gasteiger partial charge >= 0.3 is 0 Å². The number of benzene rings is 2. The third-order valence-corrected chi connectivity index (χ3v) is 4.46. The maximum Gasteiger partial charge on any atom is 0.174 e. The number of ketones is 4. The van der Waals surface area contributed by atoms with Crippen molar-refractivity contribution >= 4 is 46.3 Å². The Balaban J connectivity index is 2.50. The second-order valence-electron chi connectivity index (χ2n) is 5.93. The minimum atomic E-state index is -1.42. The van der Waals surface area contributed by atoms with Gasteiger partial charge in [0.25, 0.3) is 0 Å². The molecule has 2 aromatic rings. The van der Waals surface area contributed by atoms with Crippen molar-refractivity contribution in [1.29, 1.82) is 0 Å². The largest absolute Gasteiger partial charge is 0.299 e. The van der Waals surface area contributed by atoms with Crippen molar-refractivity contribution in [2.24, 2.45) is 11.8 Å². The SMILES string of the molecule is CC(=O)C(C(=O)c1cccc(Cl)c1)C(C(C)=O)C(=O)c1cccc(Cl)c1. The van der Waals surface area contributed by atoms with Gasteiger partial charge in [-0.15, -0.1) is 0 Å². The zero-order chi connectivity index (χ0) is 19.4. The van der Waals surface area contributed by atoms with E-state index in [1.807, 2.05) is 0 Å². The maximum absolute atomic E-state index is 12.9. The first-order valence-corrected chi connectivity index (χ1v) is 8.58. The van der Waals surface area contributed by atoms with Gasteiger partial charge in [-0.1, -0.05) is 47.5 Å². The summed E-state index contributed by atoms with van der Waals surface area (Å²) >= 11 is 11.8. The van der Waals surface area contributed by atoms with E-state index in [0.29, 0.717) is 10.0 Å². The van der Waals surface area contributed by atoms with E-state index in [1.54, 1.807) is 24.3 Å². The summed E-state index contributed by atoms with van der Waals surface area (Å²) in [4.78, 5) is 50.2. The van der Waals surface area contributed by atoms with Crippen LogP contribution in [0.2, 0.25) is 10.0 Å². The molecule has 0 saturated heterocycles. The summed E-state index contributed by atoms with van der Waals surface area (Å²) in [5.41, 5.74) is 0.339. The molecule has 0 aromatic heterocycles. The molecule has 2 unspecified atom stereocenters. The fourth-order valence-electron chi connectivity index (χ4n) is 2.78. The Kier molecular flexibility index (Phi) is 6.46. The molecule has 2 aromatic carbocycles. The first-order chi connectivity index (χ1) is 12.2. The number of hydrogen-bond donors (Lipinski definition) is 0. The third-order valence-electron chi connectivity index (χ3n) is 3.99. The fourth-order valence-corrected chi connectivity index (χ4v) is 3.16. The van der Waals surface area contributed by atoms with Crippen LogP contribution in [0.3, 0.4) is 0 Å². The van der Waals surface area contributed by atoms with Crippen LogP contribution in [0.15, 0.2) is 48.5 Å². The Labute approximate surface area is 161 Å². The van der Waals surface area contributed by atoms with Gasteiger partial charge in [-0.3, -0.25) is 19.2 Å². The molecule has 134 valence electrons. The Bertz CT molecular complexity index is 815. The van der Waals surface area contributed by atoms with Crippen LogP contribution >= 0.6 is 23.2 Å². The van der Waals surface area contributed by atoms with Gasteiger partial charge in [-0.05, 0) is 38.1 Å². The van der Waals surface area contributed by atoms with Crippen LogP contribution in [0, 0.1) is 11.8 Å². The molecule has 0 fully saturated rings. The highest BCUT2D eigenvalue weighted by Crippen LogP contribution is 2.26. The zero-order valence-corrected chi connectivity index (χ0v) is 15.7. The Morgan fingerprint density at radius 2 is 1.04 bits per heavy atom. The van der Waals surface area contributed by atoms with Gasteiger partial charge in [-0.2, -0.15) is 0 Å². The third kappa shape index (κ3) is 4.45. The van der Waals surface area contributed by atoms with E-state index < -0.39 is 35.0 Å². The minimum Gasteiger partial charge on any atom is -0.299 e. The summed E-state index contributed by atoms with van der Waals surface area (Å²) in [5.74, 6) is -5.20. The summed E-state index contributed by atoms with van der Waals surface area (Å²) < 4.78 is 0. The smallest absolute Gasteiger partial charge is 0.174 e. The number of Topliss-reactive ketones (excluding diaryl/α,β-unsaturated/α-hetero) is 4. The van der Waals surface area contributed by atoms with Gasteiger partial charge < -0.3 is 0 Å². The first-order valence-electron chi connectivity index (χ1n) is 7.83. The van der Waals surface area contributed by atoms with E-state index in [0.717, 1.165) is 0 Å². The second-order valence-corrected chi connectivity index (χ2v) is 6.80. The lowest BCUT2D eigenvalue weighted by atomic mass is 9.77. The normalized spacial score (nSPS) is 12.9. The minimum absolute atomic E-state index is 0.169. The summed E-state index contributed by atoms with van der Waals surface area (Å²) in [5, 5.41) is 0.636. The quantitative estimate of drug-likeness (QED) is 0.516. The molecule has 0 amide bonds. The lowest BCUT2D eigenvalue weighted by Gasteiger charge is -2.21. The molecule has 0 heterocycles. The summed E-state index contributed by atoms with van der Waals surface area (Å²) in [6, 6.07) is 12.1. The van der Waals surface area contributed by atoms with Crippen LogP contribution in [0.4, 0.5) is 0 Å². The highest BCUT2D eigenvalue weighted by molar-refractivity contribution is 6.32. The van der Waals surface area contributed by atoms with Crippen molar-refractivity contribution in [3.05, 3.63) is 69.7 Å². The average molecular weight is 391 g/mol. The van der Waals surface area contributed by atoms with Gasteiger partial charge in [0, 0.05) is 21.2 Å². The van der Waals surface area contributed by atoms with Crippen LogP contribution in [0.1, 0.15) is 34.6 Å². The highest BCUT2D eigenvalue weighted by atomic mass is 35.5. The van der Waals surface area contributed by atoms with Crippen molar-refractivity contribution in [2.75, 3.05) is 0 Å². The number of hydrogen-bond acceptors (Lipinski definition) is 4. The number of carbonyl (C=O) groups is 4. The van der Waals surface area contributed by atoms with Crippen LogP contribution in [-0.4, -0.2) is 23.1 Å². The van der Waals surface area contributed by atoms with Gasteiger partial charge in [0.1, 0.15) is 11.6 Å². The summed E-state index contributed by atoms with van der Waals surface area (Å²) in [6.45, 7) is 2.38. The predicted molar refractivity (Wildman–Crippen MR) is 99.9 cm³/mol. The number of rotatable bonds is 7. The molecular formula is C20H16Cl2O4. The van der Waals surface area contributed by atoms with E-state index in [-0.39, 0.29) is 11.1 Å². The number of halogens is 2. The molecule has 6 heteroatoms. The molecular weight excluding hydrogens is 375 g/mol. The topological polar surface area (TPSA) is 68.3 Å². The zero-order valence-electron chi connectivity index (χ0n) is 14.2. The van der Waals surface area contributed by atoms with Crippen LogP contribution < -0.4 is 0 Å². The molecule has 0 radical (unpaired) electrons. The van der Waals surface area contributed by atoms with Gasteiger partial charge in [-0.25, -0.2) is 0 Å². The maximum atomic E-state index is 12.9. The highest BCUT2D eigenvalue weighted by Gasteiger charge is 2.40. The molecule has 0 saturated carbocycles. The molecule has 26 heavy (non-hydrogen) atoms.